The van der Waals surface area contributed by atoms with Gasteiger partial charge in [0.25, 0.3) is 11.8 Å². The van der Waals surface area contributed by atoms with E-state index in [4.69, 9.17) is 18.3 Å². The van der Waals surface area contributed by atoms with Crippen LogP contribution in [0.15, 0.2) is 69.9 Å². The summed E-state index contributed by atoms with van der Waals surface area (Å²) in [7, 11) is 3.07. The zero-order chi connectivity index (χ0) is 24.2. The number of hydrogen-bond donors (Lipinski definition) is 2. The van der Waals surface area contributed by atoms with E-state index in [0.717, 1.165) is 11.1 Å². The van der Waals surface area contributed by atoms with Gasteiger partial charge in [-0.1, -0.05) is 12.1 Å². The maximum Gasteiger partial charge on any atom is 0.259 e. The number of carbonyl (C=O) groups is 2. The standard InChI is InChI=1S/C26H24N2O6/c1-15-19(9-11-33-15)25(29)27-21-7-5-17(13-23(21)31-3)18-6-8-22(24(14-18)32-4)28-26(30)20-10-12-34-16(20)2/h5-14H,1-4H3,(H,27,29)(H,28,30). The van der Waals surface area contributed by atoms with Gasteiger partial charge in [0, 0.05) is 0 Å². The van der Waals surface area contributed by atoms with E-state index in [1.54, 1.807) is 38.1 Å². The first-order valence-electron chi connectivity index (χ1n) is 10.5. The summed E-state index contributed by atoms with van der Waals surface area (Å²) in [4.78, 5) is 25.1. The van der Waals surface area contributed by atoms with Crippen LogP contribution in [0.25, 0.3) is 11.1 Å². The predicted octanol–water partition coefficient (Wildman–Crippen LogP) is 5.68. The van der Waals surface area contributed by atoms with Gasteiger partial charge in [-0.3, -0.25) is 9.59 Å². The Kier molecular flexibility index (Phi) is 6.40. The normalized spacial score (nSPS) is 10.6. The Balaban J connectivity index is 1.57. The lowest BCUT2D eigenvalue weighted by atomic mass is 10.0. The molecule has 0 spiro atoms. The lowest BCUT2D eigenvalue weighted by Crippen LogP contribution is -2.13. The third-order valence-electron chi connectivity index (χ3n) is 5.44. The molecular weight excluding hydrogens is 436 g/mol. The van der Waals surface area contributed by atoms with Crippen molar-refractivity contribution in [3.05, 3.63) is 83.7 Å². The molecule has 2 heterocycles. The monoisotopic (exact) mass is 460 g/mol. The molecule has 0 radical (unpaired) electrons. The second-order valence-electron chi connectivity index (χ2n) is 7.52. The fourth-order valence-corrected chi connectivity index (χ4v) is 3.57. The summed E-state index contributed by atoms with van der Waals surface area (Å²) in [6.07, 6.45) is 2.95. The highest BCUT2D eigenvalue weighted by Crippen LogP contribution is 2.35. The molecule has 4 aromatic rings. The smallest absolute Gasteiger partial charge is 0.259 e. The van der Waals surface area contributed by atoms with Gasteiger partial charge in [0.1, 0.15) is 23.0 Å². The molecule has 0 aliphatic heterocycles. The fourth-order valence-electron chi connectivity index (χ4n) is 3.57. The van der Waals surface area contributed by atoms with Gasteiger partial charge in [-0.25, -0.2) is 0 Å². The molecule has 0 saturated heterocycles. The highest BCUT2D eigenvalue weighted by molar-refractivity contribution is 6.06. The minimum atomic E-state index is -0.285. The molecule has 34 heavy (non-hydrogen) atoms. The van der Waals surface area contributed by atoms with E-state index < -0.39 is 0 Å². The highest BCUT2D eigenvalue weighted by atomic mass is 16.5. The van der Waals surface area contributed by atoms with Gasteiger partial charge in [-0.15, -0.1) is 0 Å². The van der Waals surface area contributed by atoms with Crippen LogP contribution in [0.5, 0.6) is 11.5 Å². The molecule has 2 N–H and O–H groups in total. The average Bonchev–Trinajstić information content (AvgIpc) is 3.47. The highest BCUT2D eigenvalue weighted by Gasteiger charge is 2.17. The first kappa shape index (κ1) is 22.7. The number of nitrogens with one attached hydrogen (secondary N) is 2. The van der Waals surface area contributed by atoms with Crippen molar-refractivity contribution >= 4 is 23.2 Å². The van der Waals surface area contributed by atoms with E-state index in [0.29, 0.717) is 45.5 Å². The maximum absolute atomic E-state index is 12.6. The number of rotatable bonds is 7. The number of carbonyl (C=O) groups excluding carboxylic acids is 2. The molecule has 2 amide bonds. The van der Waals surface area contributed by atoms with Crippen LogP contribution < -0.4 is 20.1 Å². The van der Waals surface area contributed by atoms with Crippen LogP contribution in [0.3, 0.4) is 0 Å². The Morgan fingerprint density at radius 2 is 1.09 bits per heavy atom. The van der Waals surface area contributed by atoms with Crippen LogP contribution in [-0.4, -0.2) is 26.0 Å². The van der Waals surface area contributed by atoms with Gasteiger partial charge in [0.05, 0.1) is 49.2 Å². The quantitative estimate of drug-likeness (QED) is 0.368. The molecule has 8 heteroatoms. The number of ether oxygens (including phenoxy) is 2. The van der Waals surface area contributed by atoms with E-state index in [9.17, 15) is 9.59 Å². The predicted molar refractivity (Wildman–Crippen MR) is 128 cm³/mol. The van der Waals surface area contributed by atoms with Crippen LogP contribution in [0.4, 0.5) is 11.4 Å². The molecule has 0 saturated carbocycles. The number of amides is 2. The van der Waals surface area contributed by atoms with Crippen molar-refractivity contribution in [2.75, 3.05) is 24.9 Å². The molecule has 174 valence electrons. The van der Waals surface area contributed by atoms with E-state index in [2.05, 4.69) is 10.6 Å². The van der Waals surface area contributed by atoms with Gasteiger partial charge >= 0.3 is 0 Å². The first-order chi connectivity index (χ1) is 16.4. The van der Waals surface area contributed by atoms with Crippen LogP contribution in [0.1, 0.15) is 32.2 Å². The van der Waals surface area contributed by atoms with Crippen molar-refractivity contribution in [3.8, 4) is 22.6 Å². The number of methoxy groups -OCH3 is 2. The van der Waals surface area contributed by atoms with E-state index in [-0.39, 0.29) is 11.8 Å². The minimum absolute atomic E-state index is 0.285. The lowest BCUT2D eigenvalue weighted by molar-refractivity contribution is 0.101. The molecule has 0 fully saturated rings. The molecule has 4 rings (SSSR count). The van der Waals surface area contributed by atoms with Crippen molar-refractivity contribution in [2.45, 2.75) is 13.8 Å². The summed E-state index contributed by atoms with van der Waals surface area (Å²) in [5.41, 5.74) is 3.66. The molecule has 0 unspecified atom stereocenters. The Morgan fingerprint density at radius 1 is 0.676 bits per heavy atom. The average molecular weight is 460 g/mol. The van der Waals surface area contributed by atoms with Crippen LogP contribution in [0.2, 0.25) is 0 Å². The summed E-state index contributed by atoms with van der Waals surface area (Å²) < 4.78 is 21.4. The zero-order valence-corrected chi connectivity index (χ0v) is 19.2. The Bertz CT molecular complexity index is 1250. The zero-order valence-electron chi connectivity index (χ0n) is 19.2. The second kappa shape index (κ2) is 9.58. The maximum atomic E-state index is 12.6. The van der Waals surface area contributed by atoms with Crippen molar-refractivity contribution in [1.29, 1.82) is 0 Å². The molecule has 0 atom stereocenters. The number of anilines is 2. The topological polar surface area (TPSA) is 103 Å². The summed E-state index contributed by atoms with van der Waals surface area (Å²) in [5.74, 6) is 1.50. The van der Waals surface area contributed by atoms with E-state index in [1.165, 1.54) is 26.7 Å². The van der Waals surface area contributed by atoms with Crippen LogP contribution in [0, 0.1) is 13.8 Å². The first-order valence-corrected chi connectivity index (χ1v) is 10.5. The van der Waals surface area contributed by atoms with Gasteiger partial charge in [-0.2, -0.15) is 0 Å². The van der Waals surface area contributed by atoms with E-state index >= 15 is 0 Å². The van der Waals surface area contributed by atoms with Gasteiger partial charge in [-0.05, 0) is 61.4 Å². The summed E-state index contributed by atoms with van der Waals surface area (Å²) in [6.45, 7) is 3.45. The summed E-state index contributed by atoms with van der Waals surface area (Å²) in [5, 5.41) is 5.70. The summed E-state index contributed by atoms with van der Waals surface area (Å²) in [6, 6.07) is 14.1. The molecule has 0 aliphatic carbocycles. The molecular formula is C26H24N2O6. The third-order valence-corrected chi connectivity index (χ3v) is 5.44. The molecule has 8 nitrogen and oxygen atoms in total. The van der Waals surface area contributed by atoms with E-state index in [1.807, 2.05) is 24.3 Å². The largest absolute Gasteiger partial charge is 0.495 e. The van der Waals surface area contributed by atoms with Gasteiger partial charge in [0.2, 0.25) is 0 Å². The number of hydrogen-bond acceptors (Lipinski definition) is 6. The Morgan fingerprint density at radius 3 is 1.41 bits per heavy atom. The molecule has 2 aromatic carbocycles. The van der Waals surface area contributed by atoms with Gasteiger partial charge < -0.3 is 28.9 Å². The fraction of sp³-hybridized carbons (Fsp3) is 0.154. The number of furan rings is 2. The van der Waals surface area contributed by atoms with Crippen LogP contribution in [-0.2, 0) is 0 Å². The van der Waals surface area contributed by atoms with Crippen molar-refractivity contribution in [2.24, 2.45) is 0 Å². The second-order valence-corrected chi connectivity index (χ2v) is 7.52. The molecule has 2 aromatic heterocycles. The number of aryl methyl sites for hydroxylation is 2. The SMILES string of the molecule is COc1cc(-c2ccc(NC(=O)c3ccoc3C)c(OC)c2)ccc1NC(=O)c1ccoc1C. The van der Waals surface area contributed by atoms with Crippen LogP contribution >= 0.6 is 0 Å². The third kappa shape index (κ3) is 4.52. The lowest BCUT2D eigenvalue weighted by Gasteiger charge is -2.14. The van der Waals surface area contributed by atoms with Crippen molar-refractivity contribution in [1.82, 2.24) is 0 Å². The van der Waals surface area contributed by atoms with Crippen molar-refractivity contribution in [3.63, 3.8) is 0 Å². The Labute approximate surface area is 196 Å². The summed E-state index contributed by atoms with van der Waals surface area (Å²) >= 11 is 0. The Hall–Kier alpha value is -4.46. The van der Waals surface area contributed by atoms with Crippen molar-refractivity contribution < 1.29 is 27.9 Å². The minimum Gasteiger partial charge on any atom is -0.495 e. The van der Waals surface area contributed by atoms with Gasteiger partial charge in [0.15, 0.2) is 0 Å². The number of benzene rings is 2. The molecule has 0 bridgehead atoms. The molecule has 0 aliphatic rings.